The van der Waals surface area contributed by atoms with E-state index in [4.69, 9.17) is 11.5 Å². The Morgan fingerprint density at radius 1 is 0.947 bits per heavy atom. The van der Waals surface area contributed by atoms with Gasteiger partial charge in [0, 0.05) is 11.4 Å². The molecule has 0 aromatic heterocycles. The van der Waals surface area contributed by atoms with Gasteiger partial charge in [-0.2, -0.15) is 0 Å². The molecule has 2 rings (SSSR count). The Morgan fingerprint density at radius 3 is 2.11 bits per heavy atom. The van der Waals surface area contributed by atoms with Gasteiger partial charge in [-0.3, -0.25) is 0 Å². The van der Waals surface area contributed by atoms with Crippen LogP contribution in [0.3, 0.4) is 0 Å². The molecule has 2 aromatic rings. The molecule has 0 amide bonds. The fourth-order valence-electron chi connectivity index (χ4n) is 2.68. The van der Waals surface area contributed by atoms with Crippen molar-refractivity contribution in [3.63, 3.8) is 0 Å². The second-order valence-electron chi connectivity index (χ2n) is 5.22. The maximum atomic E-state index is 6.15. The Balaban J connectivity index is 2.64. The third-order valence-electron chi connectivity index (χ3n) is 3.54. The molecule has 2 nitrogen and oxygen atoms in total. The van der Waals surface area contributed by atoms with Crippen molar-refractivity contribution in [2.24, 2.45) is 0 Å². The van der Waals surface area contributed by atoms with Crippen molar-refractivity contribution in [1.82, 2.24) is 0 Å². The monoisotopic (exact) mass is 254 g/mol. The first-order valence-corrected chi connectivity index (χ1v) is 6.81. The average Bonchev–Trinajstić information content (AvgIpc) is 2.39. The van der Waals surface area contributed by atoms with Crippen molar-refractivity contribution in [1.29, 1.82) is 0 Å². The molecule has 0 heterocycles. The van der Waals surface area contributed by atoms with E-state index in [2.05, 4.69) is 39.0 Å². The smallest absolute Gasteiger partial charge is 0.0352 e. The third-order valence-corrected chi connectivity index (χ3v) is 3.54. The summed E-state index contributed by atoms with van der Waals surface area (Å²) in [4.78, 5) is 0. The van der Waals surface area contributed by atoms with Crippen LogP contribution in [-0.4, -0.2) is 0 Å². The van der Waals surface area contributed by atoms with E-state index < -0.39 is 0 Å². The molecule has 100 valence electrons. The molecule has 0 spiro atoms. The zero-order chi connectivity index (χ0) is 14.0. The van der Waals surface area contributed by atoms with Crippen LogP contribution >= 0.6 is 0 Å². The van der Waals surface area contributed by atoms with Crippen molar-refractivity contribution >= 4 is 11.4 Å². The van der Waals surface area contributed by atoms with Gasteiger partial charge in [0.2, 0.25) is 0 Å². The maximum absolute atomic E-state index is 6.15. The number of benzene rings is 2. The molecule has 0 aliphatic heterocycles. The molecule has 0 saturated carbocycles. The molecule has 0 unspecified atom stereocenters. The molecular weight excluding hydrogens is 232 g/mol. The minimum absolute atomic E-state index is 0.434. The molecule has 0 fully saturated rings. The molecule has 0 aliphatic carbocycles. The number of nitrogens with two attached hydrogens (primary N) is 2. The normalized spacial score (nSPS) is 10.9. The van der Waals surface area contributed by atoms with Crippen LogP contribution in [0, 0.1) is 0 Å². The molecule has 0 atom stereocenters. The van der Waals surface area contributed by atoms with Crippen LogP contribution in [-0.2, 0) is 6.42 Å². The van der Waals surface area contributed by atoms with E-state index in [9.17, 15) is 0 Å². The van der Waals surface area contributed by atoms with Gasteiger partial charge in [0.25, 0.3) is 0 Å². The molecule has 0 bridgehead atoms. The van der Waals surface area contributed by atoms with Crippen LogP contribution < -0.4 is 11.5 Å². The predicted octanol–water partition coefficient (Wildman–Crippen LogP) is 4.20. The molecule has 0 aliphatic rings. The number of nitrogen functional groups attached to an aromatic ring is 2. The maximum Gasteiger partial charge on any atom is 0.0352 e. The van der Waals surface area contributed by atoms with Gasteiger partial charge in [-0.05, 0) is 52.8 Å². The largest absolute Gasteiger partial charge is 0.399 e. The number of hydrogen-bond acceptors (Lipinski definition) is 2. The van der Waals surface area contributed by atoms with Gasteiger partial charge in [0.05, 0.1) is 0 Å². The van der Waals surface area contributed by atoms with E-state index in [1.807, 2.05) is 18.2 Å². The van der Waals surface area contributed by atoms with Crippen LogP contribution in [0.25, 0.3) is 11.1 Å². The summed E-state index contributed by atoms with van der Waals surface area (Å²) in [7, 11) is 0. The first kappa shape index (κ1) is 13.5. The summed E-state index contributed by atoms with van der Waals surface area (Å²) >= 11 is 0. The topological polar surface area (TPSA) is 52.0 Å². The summed E-state index contributed by atoms with van der Waals surface area (Å²) in [6.07, 6.45) is 0.984. The van der Waals surface area contributed by atoms with Gasteiger partial charge in [-0.15, -0.1) is 0 Å². The minimum atomic E-state index is 0.434. The highest BCUT2D eigenvalue weighted by molar-refractivity contribution is 5.74. The zero-order valence-electron chi connectivity index (χ0n) is 11.9. The Labute approximate surface area is 115 Å². The lowest BCUT2D eigenvalue weighted by Gasteiger charge is -2.19. The van der Waals surface area contributed by atoms with Crippen molar-refractivity contribution in [2.75, 3.05) is 11.5 Å². The second kappa shape index (κ2) is 5.35. The third kappa shape index (κ3) is 2.58. The van der Waals surface area contributed by atoms with Crippen LogP contribution in [0.1, 0.15) is 37.8 Å². The van der Waals surface area contributed by atoms with E-state index >= 15 is 0 Å². The Bertz CT molecular complexity index is 569. The number of anilines is 2. The van der Waals surface area contributed by atoms with E-state index in [-0.39, 0.29) is 0 Å². The van der Waals surface area contributed by atoms with Crippen LogP contribution in [0.5, 0.6) is 0 Å². The molecule has 4 N–H and O–H groups in total. The summed E-state index contributed by atoms with van der Waals surface area (Å²) in [6, 6.07) is 12.2. The van der Waals surface area contributed by atoms with Gasteiger partial charge in [0.15, 0.2) is 0 Å². The zero-order valence-corrected chi connectivity index (χ0v) is 11.9. The highest BCUT2D eigenvalue weighted by Crippen LogP contribution is 2.34. The van der Waals surface area contributed by atoms with Gasteiger partial charge < -0.3 is 11.5 Å². The van der Waals surface area contributed by atoms with E-state index in [1.165, 1.54) is 22.3 Å². The molecule has 0 saturated heterocycles. The first-order valence-electron chi connectivity index (χ1n) is 6.81. The lowest BCUT2D eigenvalue weighted by atomic mass is 9.87. The van der Waals surface area contributed by atoms with Gasteiger partial charge >= 0.3 is 0 Å². The number of rotatable bonds is 3. The van der Waals surface area contributed by atoms with Crippen molar-refractivity contribution in [3.8, 4) is 11.1 Å². The highest BCUT2D eigenvalue weighted by Gasteiger charge is 2.14. The highest BCUT2D eigenvalue weighted by atomic mass is 14.6. The summed E-state index contributed by atoms with van der Waals surface area (Å²) in [5.41, 5.74) is 18.7. The summed E-state index contributed by atoms with van der Waals surface area (Å²) in [5, 5.41) is 0. The van der Waals surface area contributed by atoms with Crippen molar-refractivity contribution < 1.29 is 0 Å². The van der Waals surface area contributed by atoms with Crippen LogP contribution in [0.4, 0.5) is 11.4 Å². The van der Waals surface area contributed by atoms with Gasteiger partial charge in [-0.25, -0.2) is 0 Å². The fraction of sp³-hybridized carbons (Fsp3) is 0.294. The Kier molecular flexibility index (Phi) is 3.79. The van der Waals surface area contributed by atoms with E-state index in [1.54, 1.807) is 0 Å². The molecule has 0 radical (unpaired) electrons. The van der Waals surface area contributed by atoms with E-state index in [0.29, 0.717) is 5.92 Å². The average molecular weight is 254 g/mol. The predicted molar refractivity (Wildman–Crippen MR) is 84.2 cm³/mol. The van der Waals surface area contributed by atoms with E-state index in [0.717, 1.165) is 17.8 Å². The van der Waals surface area contributed by atoms with Gasteiger partial charge in [0.1, 0.15) is 0 Å². The molecular formula is C17H22N2. The quantitative estimate of drug-likeness (QED) is 0.806. The fourth-order valence-corrected chi connectivity index (χ4v) is 2.68. The minimum Gasteiger partial charge on any atom is -0.399 e. The van der Waals surface area contributed by atoms with Crippen LogP contribution in [0.15, 0.2) is 36.4 Å². The standard InChI is InChI=1S/C17H22N2/c1-4-14-15(12-5-7-13(18)8-6-12)9-10-16(19)17(14)11(2)3/h5-11H,4,18-19H2,1-3H3. The Hall–Kier alpha value is -1.96. The first-order chi connectivity index (χ1) is 9.04. The molecule has 2 aromatic carbocycles. The lowest BCUT2D eigenvalue weighted by molar-refractivity contribution is 0.849. The van der Waals surface area contributed by atoms with Crippen molar-refractivity contribution in [3.05, 3.63) is 47.5 Å². The summed E-state index contributed by atoms with van der Waals surface area (Å²) in [5.74, 6) is 0.434. The second-order valence-corrected chi connectivity index (χ2v) is 5.22. The van der Waals surface area contributed by atoms with Gasteiger partial charge in [-0.1, -0.05) is 39.0 Å². The molecule has 19 heavy (non-hydrogen) atoms. The lowest BCUT2D eigenvalue weighted by Crippen LogP contribution is -2.03. The summed E-state index contributed by atoms with van der Waals surface area (Å²) in [6.45, 7) is 6.57. The Morgan fingerprint density at radius 2 is 1.58 bits per heavy atom. The van der Waals surface area contributed by atoms with Crippen molar-refractivity contribution in [2.45, 2.75) is 33.1 Å². The SMILES string of the molecule is CCc1c(-c2ccc(N)cc2)ccc(N)c1C(C)C. The number of hydrogen-bond donors (Lipinski definition) is 2. The van der Waals surface area contributed by atoms with Crippen LogP contribution in [0.2, 0.25) is 0 Å². The molecule has 2 heteroatoms. The summed E-state index contributed by atoms with van der Waals surface area (Å²) < 4.78 is 0.